The van der Waals surface area contributed by atoms with Crippen molar-refractivity contribution in [3.8, 4) is 0 Å². The van der Waals surface area contributed by atoms with Crippen LogP contribution in [0.25, 0.3) is 0 Å². The van der Waals surface area contributed by atoms with E-state index in [1.807, 2.05) is 6.07 Å². The van der Waals surface area contributed by atoms with E-state index in [4.69, 9.17) is 0 Å². The van der Waals surface area contributed by atoms with Crippen LogP contribution in [0.1, 0.15) is 64.1 Å². The second kappa shape index (κ2) is 8.34. The summed E-state index contributed by atoms with van der Waals surface area (Å²) in [4.78, 5) is 0. The summed E-state index contributed by atoms with van der Waals surface area (Å²) in [6.45, 7) is 5.53. The standard InChI is InChI=1S/C13H25N3/c1-3-4-5-6-7-8-10-14-12(2)13-9-11-15-16-13/h9,11-12,14H,3-8,10H2,1-2H3,(H,15,16). The zero-order valence-electron chi connectivity index (χ0n) is 10.6. The lowest BCUT2D eigenvalue weighted by molar-refractivity contribution is 0.519. The van der Waals surface area contributed by atoms with Gasteiger partial charge in [0.15, 0.2) is 0 Å². The molecule has 0 aliphatic rings. The first-order chi connectivity index (χ1) is 7.84. The van der Waals surface area contributed by atoms with Gasteiger partial charge in [-0.15, -0.1) is 0 Å². The van der Waals surface area contributed by atoms with E-state index < -0.39 is 0 Å². The Bertz CT molecular complexity index is 244. The first-order valence-corrected chi connectivity index (χ1v) is 6.57. The van der Waals surface area contributed by atoms with Gasteiger partial charge in [0.25, 0.3) is 0 Å². The molecule has 0 saturated carbocycles. The third-order valence-electron chi connectivity index (χ3n) is 2.97. The number of H-pyrrole nitrogens is 1. The minimum atomic E-state index is 0.387. The maximum atomic E-state index is 3.96. The minimum absolute atomic E-state index is 0.387. The van der Waals surface area contributed by atoms with Crippen LogP contribution in [0.4, 0.5) is 0 Å². The van der Waals surface area contributed by atoms with E-state index in [0.717, 1.165) is 6.54 Å². The number of hydrogen-bond donors (Lipinski definition) is 2. The van der Waals surface area contributed by atoms with Gasteiger partial charge in [0.2, 0.25) is 0 Å². The lowest BCUT2D eigenvalue weighted by Gasteiger charge is -2.11. The van der Waals surface area contributed by atoms with Gasteiger partial charge in [-0.05, 0) is 26.0 Å². The van der Waals surface area contributed by atoms with Crippen molar-refractivity contribution < 1.29 is 0 Å². The van der Waals surface area contributed by atoms with Gasteiger partial charge in [-0.1, -0.05) is 39.0 Å². The first kappa shape index (κ1) is 13.2. The van der Waals surface area contributed by atoms with Crippen LogP contribution < -0.4 is 5.32 Å². The number of aromatic nitrogens is 2. The van der Waals surface area contributed by atoms with Gasteiger partial charge in [0, 0.05) is 12.2 Å². The van der Waals surface area contributed by atoms with Gasteiger partial charge in [-0.25, -0.2) is 0 Å². The highest BCUT2D eigenvalue weighted by Crippen LogP contribution is 2.08. The molecule has 1 aromatic heterocycles. The summed E-state index contributed by atoms with van der Waals surface area (Å²) < 4.78 is 0. The Labute approximate surface area is 99.0 Å². The van der Waals surface area contributed by atoms with Crippen LogP contribution in [-0.2, 0) is 0 Å². The molecule has 0 amide bonds. The maximum Gasteiger partial charge on any atom is 0.0518 e. The van der Waals surface area contributed by atoms with Crippen molar-refractivity contribution in [2.45, 2.75) is 58.4 Å². The molecule has 0 aliphatic heterocycles. The molecule has 0 radical (unpaired) electrons. The fourth-order valence-electron chi connectivity index (χ4n) is 1.84. The fourth-order valence-corrected chi connectivity index (χ4v) is 1.84. The van der Waals surface area contributed by atoms with E-state index in [0.29, 0.717) is 6.04 Å². The Morgan fingerprint density at radius 3 is 2.69 bits per heavy atom. The van der Waals surface area contributed by atoms with E-state index >= 15 is 0 Å². The normalized spacial score (nSPS) is 12.9. The van der Waals surface area contributed by atoms with Gasteiger partial charge < -0.3 is 5.32 Å². The largest absolute Gasteiger partial charge is 0.309 e. The molecule has 16 heavy (non-hydrogen) atoms. The summed E-state index contributed by atoms with van der Waals surface area (Å²) in [7, 11) is 0. The number of unbranched alkanes of at least 4 members (excludes halogenated alkanes) is 5. The van der Waals surface area contributed by atoms with Crippen LogP contribution >= 0.6 is 0 Å². The number of rotatable bonds is 9. The summed E-state index contributed by atoms with van der Waals surface area (Å²) in [6, 6.07) is 2.41. The highest BCUT2D eigenvalue weighted by atomic mass is 15.1. The van der Waals surface area contributed by atoms with E-state index in [9.17, 15) is 0 Å². The number of nitrogens with one attached hydrogen (secondary N) is 2. The van der Waals surface area contributed by atoms with Gasteiger partial charge in [0.1, 0.15) is 0 Å². The van der Waals surface area contributed by atoms with Gasteiger partial charge >= 0.3 is 0 Å². The Balaban J connectivity index is 1.95. The molecule has 1 heterocycles. The quantitative estimate of drug-likeness (QED) is 0.630. The van der Waals surface area contributed by atoms with Gasteiger partial charge in [0.05, 0.1) is 5.69 Å². The van der Waals surface area contributed by atoms with Crippen LogP contribution in [0, 0.1) is 0 Å². The van der Waals surface area contributed by atoms with Crippen molar-refractivity contribution in [1.29, 1.82) is 0 Å². The molecule has 0 fully saturated rings. The fraction of sp³-hybridized carbons (Fsp3) is 0.769. The topological polar surface area (TPSA) is 40.7 Å². The van der Waals surface area contributed by atoms with Crippen molar-refractivity contribution in [3.63, 3.8) is 0 Å². The summed E-state index contributed by atoms with van der Waals surface area (Å²) in [5, 5.41) is 10.5. The molecule has 1 atom stereocenters. The monoisotopic (exact) mass is 223 g/mol. The minimum Gasteiger partial charge on any atom is -0.309 e. The Morgan fingerprint density at radius 1 is 1.25 bits per heavy atom. The molecule has 0 aromatic carbocycles. The Kier molecular flexibility index (Phi) is 6.90. The zero-order chi connectivity index (χ0) is 11.6. The van der Waals surface area contributed by atoms with Crippen molar-refractivity contribution in [1.82, 2.24) is 15.5 Å². The molecule has 0 spiro atoms. The average Bonchev–Trinajstić information content (AvgIpc) is 2.81. The number of nitrogens with zero attached hydrogens (tertiary/aromatic N) is 1. The smallest absolute Gasteiger partial charge is 0.0518 e. The van der Waals surface area contributed by atoms with E-state index in [1.54, 1.807) is 6.20 Å². The van der Waals surface area contributed by atoms with Crippen LogP contribution in [0.2, 0.25) is 0 Å². The number of hydrogen-bond acceptors (Lipinski definition) is 2. The third-order valence-corrected chi connectivity index (χ3v) is 2.97. The van der Waals surface area contributed by atoms with Crippen molar-refractivity contribution in [3.05, 3.63) is 18.0 Å². The Morgan fingerprint density at radius 2 is 2.00 bits per heavy atom. The zero-order valence-corrected chi connectivity index (χ0v) is 10.6. The van der Waals surface area contributed by atoms with E-state index in [2.05, 4.69) is 29.4 Å². The molecule has 3 nitrogen and oxygen atoms in total. The highest BCUT2D eigenvalue weighted by molar-refractivity contribution is 5.02. The van der Waals surface area contributed by atoms with Crippen LogP contribution in [0.15, 0.2) is 12.3 Å². The Hall–Kier alpha value is -0.830. The van der Waals surface area contributed by atoms with Crippen LogP contribution in [0.5, 0.6) is 0 Å². The lowest BCUT2D eigenvalue weighted by atomic mass is 10.1. The molecule has 3 heteroatoms. The lowest BCUT2D eigenvalue weighted by Crippen LogP contribution is -2.20. The molecular weight excluding hydrogens is 198 g/mol. The molecule has 1 rings (SSSR count). The van der Waals surface area contributed by atoms with Crippen LogP contribution in [-0.4, -0.2) is 16.7 Å². The summed E-state index contributed by atoms with van der Waals surface area (Å²) in [6.07, 6.45) is 9.93. The third kappa shape index (κ3) is 5.31. The molecule has 1 unspecified atom stereocenters. The molecular formula is C13H25N3. The van der Waals surface area contributed by atoms with Crippen LogP contribution in [0.3, 0.4) is 0 Å². The SMILES string of the molecule is CCCCCCCCNC(C)c1ccn[nH]1. The van der Waals surface area contributed by atoms with E-state index in [1.165, 1.54) is 44.2 Å². The van der Waals surface area contributed by atoms with Gasteiger partial charge in [-0.3, -0.25) is 5.10 Å². The molecule has 0 saturated heterocycles. The first-order valence-electron chi connectivity index (χ1n) is 6.57. The van der Waals surface area contributed by atoms with Crippen molar-refractivity contribution in [2.24, 2.45) is 0 Å². The summed E-state index contributed by atoms with van der Waals surface area (Å²) in [5.74, 6) is 0. The molecule has 0 bridgehead atoms. The second-order valence-electron chi connectivity index (χ2n) is 4.46. The molecule has 0 aliphatic carbocycles. The van der Waals surface area contributed by atoms with Crippen molar-refractivity contribution >= 4 is 0 Å². The number of aromatic amines is 1. The highest BCUT2D eigenvalue weighted by Gasteiger charge is 2.04. The summed E-state index contributed by atoms with van der Waals surface area (Å²) in [5.41, 5.74) is 1.17. The van der Waals surface area contributed by atoms with E-state index in [-0.39, 0.29) is 0 Å². The van der Waals surface area contributed by atoms with Crippen molar-refractivity contribution in [2.75, 3.05) is 6.54 Å². The molecule has 2 N–H and O–H groups in total. The summed E-state index contributed by atoms with van der Waals surface area (Å²) >= 11 is 0. The van der Waals surface area contributed by atoms with Gasteiger partial charge in [-0.2, -0.15) is 5.10 Å². The average molecular weight is 223 g/mol. The predicted molar refractivity (Wildman–Crippen MR) is 68.4 cm³/mol. The predicted octanol–water partition coefficient (Wildman–Crippen LogP) is 3.42. The second-order valence-corrected chi connectivity index (χ2v) is 4.46. The maximum absolute atomic E-state index is 3.96. The molecule has 92 valence electrons. The molecule has 1 aromatic rings.